The number of imidazole rings is 1. The molecule has 0 fully saturated rings. The fourth-order valence-corrected chi connectivity index (χ4v) is 1.18. The van der Waals surface area contributed by atoms with Crippen LogP contribution in [0.5, 0.6) is 0 Å². The van der Waals surface area contributed by atoms with Crippen LogP contribution < -0.4 is 5.73 Å². The highest BCUT2D eigenvalue weighted by atomic mass is 16.5. The van der Waals surface area contributed by atoms with Crippen LogP contribution in [0.1, 0.15) is 37.3 Å². The van der Waals surface area contributed by atoms with Gasteiger partial charge in [-0.25, -0.2) is 9.78 Å². The molecule has 5 heteroatoms. The molecule has 0 spiro atoms. The fraction of sp³-hybridized carbons (Fsp3) is 0.556. The fourth-order valence-electron chi connectivity index (χ4n) is 1.18. The summed E-state index contributed by atoms with van der Waals surface area (Å²) in [6, 6.07) is 0.138. The summed E-state index contributed by atoms with van der Waals surface area (Å²) in [5.41, 5.74) is 5.91. The molecule has 1 heterocycles. The third-order valence-corrected chi connectivity index (χ3v) is 1.85. The number of hydrogen-bond donors (Lipinski definition) is 1. The lowest BCUT2D eigenvalue weighted by Crippen LogP contribution is -2.14. The van der Waals surface area contributed by atoms with Crippen LogP contribution >= 0.6 is 0 Å². The predicted octanol–water partition coefficient (Wildman–Crippen LogP) is 1.22. The third kappa shape index (κ3) is 1.86. The number of nitrogens with zero attached hydrogens (tertiary/aromatic N) is 2. The number of nitrogens with two attached hydrogens (primary N) is 1. The molecule has 0 saturated heterocycles. The molecule has 5 nitrogen and oxygen atoms in total. The van der Waals surface area contributed by atoms with Gasteiger partial charge in [0.2, 0.25) is 0 Å². The second-order valence-corrected chi connectivity index (χ2v) is 3.20. The summed E-state index contributed by atoms with van der Waals surface area (Å²) in [6.45, 7) is 5.99. The molecule has 78 valence electrons. The van der Waals surface area contributed by atoms with Crippen LogP contribution in [-0.2, 0) is 4.74 Å². The number of esters is 1. The summed E-state index contributed by atoms with van der Waals surface area (Å²) in [6.07, 6.45) is 1.55. The molecule has 14 heavy (non-hydrogen) atoms. The smallest absolute Gasteiger partial charge is 0.358 e. The maximum Gasteiger partial charge on any atom is 0.358 e. The first-order valence-corrected chi connectivity index (χ1v) is 4.57. The van der Waals surface area contributed by atoms with E-state index >= 15 is 0 Å². The Morgan fingerprint density at radius 3 is 2.86 bits per heavy atom. The van der Waals surface area contributed by atoms with E-state index in [1.54, 1.807) is 17.8 Å². The lowest BCUT2D eigenvalue weighted by molar-refractivity contribution is 0.0513. The Hall–Kier alpha value is -1.52. The van der Waals surface area contributed by atoms with Gasteiger partial charge in [0.15, 0.2) is 11.5 Å². The van der Waals surface area contributed by atoms with E-state index in [4.69, 9.17) is 10.5 Å². The highest BCUT2D eigenvalue weighted by Crippen LogP contribution is 2.16. The van der Waals surface area contributed by atoms with E-state index in [0.29, 0.717) is 12.3 Å². The Morgan fingerprint density at radius 2 is 2.36 bits per heavy atom. The van der Waals surface area contributed by atoms with E-state index in [1.165, 1.54) is 0 Å². The minimum atomic E-state index is -0.420. The van der Waals surface area contributed by atoms with E-state index in [2.05, 4.69) is 4.98 Å². The second kappa shape index (κ2) is 4.13. The van der Waals surface area contributed by atoms with Crippen molar-refractivity contribution in [3.05, 3.63) is 12.0 Å². The Morgan fingerprint density at radius 1 is 1.71 bits per heavy atom. The summed E-state index contributed by atoms with van der Waals surface area (Å²) in [4.78, 5) is 15.4. The number of carbonyl (C=O) groups excluding carboxylic acids is 1. The second-order valence-electron chi connectivity index (χ2n) is 3.20. The monoisotopic (exact) mass is 197 g/mol. The van der Waals surface area contributed by atoms with E-state index in [0.717, 1.165) is 0 Å². The zero-order chi connectivity index (χ0) is 10.7. The molecular formula is C9H15N3O2. The highest BCUT2D eigenvalue weighted by Gasteiger charge is 2.19. The van der Waals surface area contributed by atoms with E-state index in [9.17, 15) is 4.79 Å². The molecule has 0 radical (unpaired) electrons. The van der Waals surface area contributed by atoms with Crippen molar-refractivity contribution in [2.45, 2.75) is 26.8 Å². The van der Waals surface area contributed by atoms with Crippen LogP contribution in [-0.4, -0.2) is 22.1 Å². The van der Waals surface area contributed by atoms with Gasteiger partial charge in [0, 0.05) is 6.04 Å². The van der Waals surface area contributed by atoms with Crippen LogP contribution in [0.2, 0.25) is 0 Å². The highest BCUT2D eigenvalue weighted by molar-refractivity contribution is 5.92. The van der Waals surface area contributed by atoms with Gasteiger partial charge in [0.05, 0.1) is 12.9 Å². The Kier molecular flexibility index (Phi) is 3.11. The van der Waals surface area contributed by atoms with Crippen molar-refractivity contribution in [1.82, 2.24) is 9.55 Å². The first kappa shape index (κ1) is 10.6. The minimum Gasteiger partial charge on any atom is -0.461 e. The molecule has 0 aliphatic rings. The summed E-state index contributed by atoms with van der Waals surface area (Å²) < 4.78 is 6.58. The zero-order valence-electron chi connectivity index (χ0n) is 8.65. The number of carbonyl (C=O) groups is 1. The number of anilines is 1. The van der Waals surface area contributed by atoms with Crippen molar-refractivity contribution < 1.29 is 9.53 Å². The molecule has 1 rings (SSSR count). The zero-order valence-corrected chi connectivity index (χ0v) is 8.65. The van der Waals surface area contributed by atoms with Gasteiger partial charge < -0.3 is 15.0 Å². The average molecular weight is 197 g/mol. The van der Waals surface area contributed by atoms with Crippen LogP contribution in [0, 0.1) is 0 Å². The number of nitrogen functional groups attached to an aromatic ring is 1. The Balaban J connectivity index is 3.04. The standard InChI is InChI=1S/C9H15N3O2/c1-4-14-9(13)7-8(10)11-5-12(7)6(2)3/h5-6H,4,10H2,1-3H3. The van der Waals surface area contributed by atoms with E-state index in [-0.39, 0.29) is 11.9 Å². The maximum absolute atomic E-state index is 11.5. The van der Waals surface area contributed by atoms with Gasteiger partial charge in [-0.2, -0.15) is 0 Å². The summed E-state index contributed by atoms with van der Waals surface area (Å²) in [5.74, 6) is -0.201. The third-order valence-electron chi connectivity index (χ3n) is 1.85. The predicted molar refractivity (Wildman–Crippen MR) is 53.0 cm³/mol. The molecule has 2 N–H and O–H groups in total. The maximum atomic E-state index is 11.5. The molecule has 0 amide bonds. The van der Waals surface area contributed by atoms with Crippen molar-refractivity contribution in [3.63, 3.8) is 0 Å². The molecule has 0 aliphatic heterocycles. The Labute approximate surface area is 82.9 Å². The van der Waals surface area contributed by atoms with Gasteiger partial charge in [0.1, 0.15) is 0 Å². The molecule has 0 bridgehead atoms. The number of hydrogen-bond acceptors (Lipinski definition) is 4. The van der Waals surface area contributed by atoms with E-state index in [1.807, 2.05) is 13.8 Å². The molecule has 1 aromatic heterocycles. The SMILES string of the molecule is CCOC(=O)c1c(N)ncn1C(C)C. The number of rotatable bonds is 3. The lowest BCUT2D eigenvalue weighted by atomic mass is 10.3. The first-order valence-electron chi connectivity index (χ1n) is 4.57. The van der Waals surface area contributed by atoms with Crippen molar-refractivity contribution >= 4 is 11.8 Å². The van der Waals surface area contributed by atoms with Gasteiger partial charge in [0.25, 0.3) is 0 Å². The normalized spacial score (nSPS) is 10.6. The minimum absolute atomic E-state index is 0.138. The summed E-state index contributed by atoms with van der Waals surface area (Å²) in [5, 5.41) is 0. The molecule has 0 aromatic carbocycles. The molecule has 0 aliphatic carbocycles. The number of aromatic nitrogens is 2. The molecule has 0 saturated carbocycles. The van der Waals surface area contributed by atoms with Crippen LogP contribution in [0.25, 0.3) is 0 Å². The van der Waals surface area contributed by atoms with Crippen molar-refractivity contribution in [1.29, 1.82) is 0 Å². The van der Waals surface area contributed by atoms with E-state index < -0.39 is 5.97 Å². The average Bonchev–Trinajstić information content (AvgIpc) is 2.47. The molecule has 0 atom stereocenters. The van der Waals surface area contributed by atoms with Gasteiger partial charge in [-0.3, -0.25) is 0 Å². The largest absolute Gasteiger partial charge is 0.461 e. The topological polar surface area (TPSA) is 70.1 Å². The van der Waals surface area contributed by atoms with Gasteiger partial charge >= 0.3 is 5.97 Å². The molecule has 1 aromatic rings. The Bertz CT molecular complexity index is 331. The quantitative estimate of drug-likeness (QED) is 0.740. The van der Waals surface area contributed by atoms with Gasteiger partial charge in [-0.15, -0.1) is 0 Å². The van der Waals surface area contributed by atoms with Crippen LogP contribution in [0.4, 0.5) is 5.82 Å². The van der Waals surface area contributed by atoms with Crippen molar-refractivity contribution in [2.24, 2.45) is 0 Å². The summed E-state index contributed by atoms with van der Waals surface area (Å²) >= 11 is 0. The molecule has 0 unspecified atom stereocenters. The van der Waals surface area contributed by atoms with Crippen LogP contribution in [0.3, 0.4) is 0 Å². The van der Waals surface area contributed by atoms with Gasteiger partial charge in [-0.1, -0.05) is 0 Å². The van der Waals surface area contributed by atoms with Crippen LogP contribution in [0.15, 0.2) is 6.33 Å². The lowest BCUT2D eigenvalue weighted by Gasteiger charge is -2.10. The molecular weight excluding hydrogens is 182 g/mol. The van der Waals surface area contributed by atoms with Gasteiger partial charge in [-0.05, 0) is 20.8 Å². The van der Waals surface area contributed by atoms with Crippen molar-refractivity contribution in [2.75, 3.05) is 12.3 Å². The summed E-state index contributed by atoms with van der Waals surface area (Å²) in [7, 11) is 0. The first-order chi connectivity index (χ1) is 6.57. The number of ether oxygens (including phenoxy) is 1. The van der Waals surface area contributed by atoms with Crippen molar-refractivity contribution in [3.8, 4) is 0 Å².